The molecule has 6 nitrogen and oxygen atoms in total. The molecule has 0 radical (unpaired) electrons. The predicted octanol–water partition coefficient (Wildman–Crippen LogP) is 4.31. The molecule has 0 atom stereocenters. The summed E-state index contributed by atoms with van der Waals surface area (Å²) in [5.41, 5.74) is 4.95. The van der Waals surface area contributed by atoms with Crippen LogP contribution in [-0.2, 0) is 12.8 Å². The average molecular weight is 435 g/mol. The van der Waals surface area contributed by atoms with E-state index in [1.165, 1.54) is 4.57 Å². The number of nitrogens with zero attached hydrogens (tertiary/aromatic N) is 3. The van der Waals surface area contributed by atoms with Gasteiger partial charge in [-0.3, -0.25) is 9.36 Å². The zero-order valence-corrected chi connectivity index (χ0v) is 18.1. The van der Waals surface area contributed by atoms with Crippen molar-refractivity contribution in [1.82, 2.24) is 9.55 Å². The molecule has 0 spiro atoms. The van der Waals surface area contributed by atoms with E-state index in [-0.39, 0.29) is 23.4 Å². The first-order chi connectivity index (χ1) is 16.0. The van der Waals surface area contributed by atoms with E-state index in [9.17, 15) is 15.2 Å². The summed E-state index contributed by atoms with van der Waals surface area (Å²) in [5, 5.41) is 19.8. The molecule has 6 heteroatoms. The van der Waals surface area contributed by atoms with Gasteiger partial charge in [0.15, 0.2) is 0 Å². The van der Waals surface area contributed by atoms with Gasteiger partial charge in [0, 0.05) is 12.8 Å². The molecule has 162 valence electrons. The van der Waals surface area contributed by atoms with Crippen molar-refractivity contribution in [3.05, 3.63) is 105 Å². The Morgan fingerprint density at radius 1 is 1.12 bits per heavy atom. The molecule has 1 aliphatic rings. The fourth-order valence-corrected chi connectivity index (χ4v) is 4.26. The molecular formula is C27H21N3O3. The van der Waals surface area contributed by atoms with Crippen molar-refractivity contribution in [2.24, 2.45) is 0 Å². The van der Waals surface area contributed by atoms with Gasteiger partial charge in [-0.1, -0.05) is 42.5 Å². The van der Waals surface area contributed by atoms with Crippen LogP contribution in [0.2, 0.25) is 0 Å². The Morgan fingerprint density at radius 2 is 1.91 bits per heavy atom. The average Bonchev–Trinajstić information content (AvgIpc) is 3.30. The summed E-state index contributed by atoms with van der Waals surface area (Å²) in [4.78, 5) is 17.6. The van der Waals surface area contributed by atoms with Gasteiger partial charge in [0.05, 0.1) is 29.5 Å². The summed E-state index contributed by atoms with van der Waals surface area (Å²) in [6.45, 7) is 2.34. The highest BCUT2D eigenvalue weighted by atomic mass is 16.5. The maximum absolute atomic E-state index is 13.4. The molecule has 1 aliphatic heterocycles. The Labute approximate surface area is 191 Å². The normalized spacial score (nSPS) is 12.1. The predicted molar refractivity (Wildman–Crippen MR) is 125 cm³/mol. The van der Waals surface area contributed by atoms with Crippen LogP contribution in [-0.4, -0.2) is 21.3 Å². The SMILES string of the molecule is Cc1nc(O)c(Cc2ccc(-c3ccccc3C#N)cc2)c(=O)n1-c1ccc2c(c1)CCO2. The third-order valence-corrected chi connectivity index (χ3v) is 5.95. The minimum Gasteiger partial charge on any atom is -0.493 e. The van der Waals surface area contributed by atoms with Crippen LogP contribution in [0.5, 0.6) is 11.6 Å². The lowest BCUT2D eigenvalue weighted by atomic mass is 9.98. The summed E-state index contributed by atoms with van der Waals surface area (Å²) in [6, 6.07) is 22.9. The van der Waals surface area contributed by atoms with E-state index >= 15 is 0 Å². The van der Waals surface area contributed by atoms with Crippen LogP contribution in [0.15, 0.2) is 71.5 Å². The van der Waals surface area contributed by atoms with Crippen molar-refractivity contribution in [3.8, 4) is 34.5 Å². The third kappa shape index (κ3) is 3.74. The highest BCUT2D eigenvalue weighted by Gasteiger charge is 2.18. The van der Waals surface area contributed by atoms with Crippen LogP contribution >= 0.6 is 0 Å². The Bertz CT molecular complexity index is 1460. The smallest absolute Gasteiger partial charge is 0.265 e. The van der Waals surface area contributed by atoms with E-state index < -0.39 is 0 Å². The number of rotatable bonds is 4. The molecule has 5 rings (SSSR count). The molecule has 2 heterocycles. The standard InChI is InChI=1S/C27H21N3O3/c1-17-29-26(31)24(27(32)30(17)22-10-11-25-20(15-22)12-13-33-25)14-18-6-8-19(9-7-18)23-5-3-2-4-21(23)16-28/h2-11,15,31H,12-14H2,1H3. The van der Waals surface area contributed by atoms with Crippen LogP contribution in [0, 0.1) is 18.3 Å². The van der Waals surface area contributed by atoms with Crippen molar-refractivity contribution in [2.75, 3.05) is 6.61 Å². The fraction of sp³-hybridized carbons (Fsp3) is 0.148. The van der Waals surface area contributed by atoms with Crippen LogP contribution in [0.3, 0.4) is 0 Å². The minimum absolute atomic E-state index is 0.238. The van der Waals surface area contributed by atoms with Gasteiger partial charge in [-0.15, -0.1) is 0 Å². The van der Waals surface area contributed by atoms with Gasteiger partial charge in [-0.05, 0) is 53.4 Å². The number of hydrogen-bond acceptors (Lipinski definition) is 5. The first-order valence-electron chi connectivity index (χ1n) is 10.7. The number of benzene rings is 3. The van der Waals surface area contributed by atoms with Gasteiger partial charge in [0.25, 0.3) is 5.56 Å². The molecule has 0 bridgehead atoms. The van der Waals surface area contributed by atoms with Gasteiger partial charge in [0.2, 0.25) is 5.88 Å². The molecular weight excluding hydrogens is 414 g/mol. The summed E-state index contributed by atoms with van der Waals surface area (Å²) >= 11 is 0. The van der Waals surface area contributed by atoms with E-state index in [1.54, 1.807) is 13.0 Å². The molecule has 0 unspecified atom stereocenters. The lowest BCUT2D eigenvalue weighted by Gasteiger charge is -2.14. The lowest BCUT2D eigenvalue weighted by Crippen LogP contribution is -2.26. The Balaban J connectivity index is 1.50. The fourth-order valence-electron chi connectivity index (χ4n) is 4.26. The first kappa shape index (κ1) is 20.5. The Morgan fingerprint density at radius 3 is 2.70 bits per heavy atom. The van der Waals surface area contributed by atoms with Gasteiger partial charge >= 0.3 is 0 Å². The van der Waals surface area contributed by atoms with E-state index in [0.717, 1.165) is 34.4 Å². The second kappa shape index (κ2) is 8.29. The van der Waals surface area contributed by atoms with Crippen LogP contribution in [0.4, 0.5) is 0 Å². The van der Waals surface area contributed by atoms with Crippen molar-refractivity contribution < 1.29 is 9.84 Å². The van der Waals surface area contributed by atoms with Crippen molar-refractivity contribution in [3.63, 3.8) is 0 Å². The third-order valence-electron chi connectivity index (χ3n) is 5.95. The number of nitriles is 1. The summed E-state index contributed by atoms with van der Waals surface area (Å²) in [6.07, 6.45) is 1.04. The quantitative estimate of drug-likeness (QED) is 0.516. The van der Waals surface area contributed by atoms with E-state index in [4.69, 9.17) is 4.74 Å². The number of ether oxygens (including phenoxy) is 1. The summed E-state index contributed by atoms with van der Waals surface area (Å²) < 4.78 is 7.10. The molecule has 0 amide bonds. The first-order valence-corrected chi connectivity index (χ1v) is 10.7. The number of fused-ring (bicyclic) bond motifs is 1. The number of aromatic nitrogens is 2. The number of hydrogen-bond donors (Lipinski definition) is 1. The van der Waals surface area contributed by atoms with Crippen molar-refractivity contribution in [1.29, 1.82) is 5.26 Å². The zero-order valence-electron chi connectivity index (χ0n) is 18.1. The molecule has 3 aromatic carbocycles. The zero-order chi connectivity index (χ0) is 22.9. The molecule has 33 heavy (non-hydrogen) atoms. The number of aryl methyl sites for hydroxylation is 1. The minimum atomic E-state index is -0.294. The largest absolute Gasteiger partial charge is 0.493 e. The number of aromatic hydroxyl groups is 1. The Hall–Kier alpha value is -4.37. The molecule has 1 aromatic heterocycles. The van der Waals surface area contributed by atoms with Crippen LogP contribution < -0.4 is 10.3 Å². The summed E-state index contributed by atoms with van der Waals surface area (Å²) in [7, 11) is 0. The molecule has 0 saturated heterocycles. The maximum atomic E-state index is 13.4. The molecule has 1 N–H and O–H groups in total. The molecule has 0 aliphatic carbocycles. The van der Waals surface area contributed by atoms with Gasteiger partial charge in [-0.25, -0.2) is 0 Å². The van der Waals surface area contributed by atoms with Crippen LogP contribution in [0.25, 0.3) is 16.8 Å². The van der Waals surface area contributed by atoms with Crippen molar-refractivity contribution >= 4 is 0 Å². The van der Waals surface area contributed by atoms with E-state index in [0.29, 0.717) is 23.7 Å². The second-order valence-corrected chi connectivity index (χ2v) is 8.02. The van der Waals surface area contributed by atoms with Gasteiger partial charge in [0.1, 0.15) is 11.6 Å². The van der Waals surface area contributed by atoms with Gasteiger partial charge in [-0.2, -0.15) is 10.2 Å². The Kier molecular flexibility index (Phi) is 5.15. The van der Waals surface area contributed by atoms with Gasteiger partial charge < -0.3 is 9.84 Å². The van der Waals surface area contributed by atoms with Crippen LogP contribution in [0.1, 0.15) is 28.1 Å². The second-order valence-electron chi connectivity index (χ2n) is 8.02. The highest BCUT2D eigenvalue weighted by molar-refractivity contribution is 5.70. The lowest BCUT2D eigenvalue weighted by molar-refractivity contribution is 0.357. The molecule has 4 aromatic rings. The van der Waals surface area contributed by atoms with E-state index in [2.05, 4.69) is 11.1 Å². The topological polar surface area (TPSA) is 88.1 Å². The monoisotopic (exact) mass is 435 g/mol. The van der Waals surface area contributed by atoms with E-state index in [1.807, 2.05) is 60.7 Å². The molecule has 0 saturated carbocycles. The van der Waals surface area contributed by atoms with Crippen molar-refractivity contribution in [2.45, 2.75) is 19.8 Å². The maximum Gasteiger partial charge on any atom is 0.265 e. The highest BCUT2D eigenvalue weighted by Crippen LogP contribution is 2.28. The summed E-state index contributed by atoms with van der Waals surface area (Å²) in [5.74, 6) is 1.01. The molecule has 0 fully saturated rings.